The average Bonchev–Trinajstić information content (AvgIpc) is 3.41. The van der Waals surface area contributed by atoms with Gasteiger partial charge < -0.3 is 9.47 Å². The van der Waals surface area contributed by atoms with E-state index in [1.54, 1.807) is 0 Å². The number of aliphatic imine (C=N–C) groups is 1. The van der Waals surface area contributed by atoms with Crippen LogP contribution in [-0.4, -0.2) is 31.4 Å². The fraction of sp³-hybridized carbons (Fsp3) is 0.360. The highest BCUT2D eigenvalue weighted by atomic mass is 32.2. The molecule has 5 rings (SSSR count). The Hall–Kier alpha value is -2.53. The number of aromatic nitrogens is 2. The standard InChI is InChI=1S/C25H28N4S/c1-5-19-15-30-25-27-23(21-11-8-9-13-26-21)24(29(19)25)20-14-17(3)28(18(20)4)22-12-7-6-10-16(22)2/h6-14,19,23-24H,5,15H2,1-4H3/t19-,23-,24-/m1/s1. The highest BCUT2D eigenvalue weighted by molar-refractivity contribution is 8.14. The predicted octanol–water partition coefficient (Wildman–Crippen LogP) is 5.78. The molecule has 2 aromatic heterocycles. The van der Waals surface area contributed by atoms with Crippen molar-refractivity contribution < 1.29 is 0 Å². The molecular weight excluding hydrogens is 388 g/mol. The molecule has 0 radical (unpaired) electrons. The zero-order chi connectivity index (χ0) is 20.8. The van der Waals surface area contributed by atoms with Crippen LogP contribution in [0.5, 0.6) is 0 Å². The second-order valence-corrected chi connectivity index (χ2v) is 9.27. The van der Waals surface area contributed by atoms with Gasteiger partial charge in [-0.15, -0.1) is 0 Å². The third kappa shape index (κ3) is 2.99. The predicted molar refractivity (Wildman–Crippen MR) is 126 cm³/mol. The van der Waals surface area contributed by atoms with E-state index in [1.165, 1.54) is 33.4 Å². The van der Waals surface area contributed by atoms with E-state index in [1.807, 2.05) is 24.0 Å². The molecule has 0 N–H and O–H groups in total. The zero-order valence-electron chi connectivity index (χ0n) is 18.0. The van der Waals surface area contributed by atoms with Gasteiger partial charge in [0.05, 0.1) is 11.7 Å². The van der Waals surface area contributed by atoms with Gasteiger partial charge in [0.1, 0.15) is 6.04 Å². The molecule has 0 amide bonds. The maximum atomic E-state index is 5.18. The Morgan fingerprint density at radius 2 is 1.87 bits per heavy atom. The number of pyridine rings is 1. The van der Waals surface area contributed by atoms with Gasteiger partial charge in [-0.1, -0.05) is 43.0 Å². The number of rotatable bonds is 4. The minimum absolute atomic E-state index is 0.0360. The molecule has 2 aliphatic heterocycles. The van der Waals surface area contributed by atoms with Crippen LogP contribution in [0.25, 0.3) is 5.69 Å². The number of hydrogen-bond acceptors (Lipinski definition) is 4. The second kappa shape index (κ2) is 7.62. The lowest BCUT2D eigenvalue weighted by Crippen LogP contribution is -2.35. The molecular formula is C25H28N4S. The summed E-state index contributed by atoms with van der Waals surface area (Å²) in [4.78, 5) is 12.5. The van der Waals surface area contributed by atoms with Crippen LogP contribution in [0.15, 0.2) is 59.7 Å². The van der Waals surface area contributed by atoms with Crippen molar-refractivity contribution in [3.8, 4) is 5.69 Å². The minimum Gasteiger partial charge on any atom is -0.338 e. The van der Waals surface area contributed by atoms with Gasteiger partial charge in [0, 0.05) is 35.1 Å². The monoisotopic (exact) mass is 416 g/mol. The first kappa shape index (κ1) is 19.4. The van der Waals surface area contributed by atoms with E-state index in [2.05, 4.69) is 79.6 Å². The molecule has 3 aromatic rings. The summed E-state index contributed by atoms with van der Waals surface area (Å²) < 4.78 is 2.41. The molecule has 4 heterocycles. The van der Waals surface area contributed by atoms with Gasteiger partial charge in [-0.25, -0.2) is 0 Å². The minimum atomic E-state index is 0.0360. The number of amidine groups is 1. The van der Waals surface area contributed by atoms with Crippen LogP contribution >= 0.6 is 11.8 Å². The van der Waals surface area contributed by atoms with Gasteiger partial charge in [0.25, 0.3) is 0 Å². The summed E-state index contributed by atoms with van der Waals surface area (Å²) >= 11 is 1.90. The van der Waals surface area contributed by atoms with Gasteiger partial charge in [-0.05, 0) is 62.6 Å². The smallest absolute Gasteiger partial charge is 0.160 e. The number of hydrogen-bond donors (Lipinski definition) is 0. The van der Waals surface area contributed by atoms with E-state index in [0.717, 1.165) is 17.9 Å². The van der Waals surface area contributed by atoms with Crippen LogP contribution in [0, 0.1) is 20.8 Å². The van der Waals surface area contributed by atoms with E-state index in [9.17, 15) is 0 Å². The van der Waals surface area contributed by atoms with Gasteiger partial charge in [-0.3, -0.25) is 9.98 Å². The van der Waals surface area contributed by atoms with Crippen molar-refractivity contribution in [3.63, 3.8) is 0 Å². The Morgan fingerprint density at radius 1 is 1.07 bits per heavy atom. The molecule has 0 unspecified atom stereocenters. The molecule has 0 saturated carbocycles. The van der Waals surface area contributed by atoms with Crippen LogP contribution in [0.2, 0.25) is 0 Å². The van der Waals surface area contributed by atoms with Crippen molar-refractivity contribution in [1.82, 2.24) is 14.5 Å². The normalized spacial score (nSPS) is 23.0. The number of thioether (sulfide) groups is 1. The maximum absolute atomic E-state index is 5.18. The Labute approximate surface area is 183 Å². The fourth-order valence-electron chi connectivity index (χ4n) is 4.96. The largest absolute Gasteiger partial charge is 0.338 e. The zero-order valence-corrected chi connectivity index (χ0v) is 18.9. The Morgan fingerprint density at radius 3 is 2.60 bits per heavy atom. The SMILES string of the molecule is CC[C@@H]1CSC2=N[C@H](c3ccccn3)[C@@H](c3cc(C)n(-c4ccccc4C)c3C)N21. The van der Waals surface area contributed by atoms with Crippen LogP contribution in [-0.2, 0) is 0 Å². The molecule has 30 heavy (non-hydrogen) atoms. The molecule has 3 atom stereocenters. The highest BCUT2D eigenvalue weighted by Crippen LogP contribution is 2.49. The molecule has 154 valence electrons. The lowest BCUT2D eigenvalue weighted by molar-refractivity contribution is 0.254. The lowest BCUT2D eigenvalue weighted by Gasteiger charge is -2.32. The van der Waals surface area contributed by atoms with E-state index in [-0.39, 0.29) is 12.1 Å². The van der Waals surface area contributed by atoms with Gasteiger partial charge in [-0.2, -0.15) is 0 Å². The summed E-state index contributed by atoms with van der Waals surface area (Å²) in [5.41, 5.74) is 7.54. The van der Waals surface area contributed by atoms with Crippen LogP contribution < -0.4 is 0 Å². The van der Waals surface area contributed by atoms with E-state index in [4.69, 9.17) is 9.98 Å². The van der Waals surface area contributed by atoms with E-state index in [0.29, 0.717) is 6.04 Å². The molecule has 4 nitrogen and oxygen atoms in total. The summed E-state index contributed by atoms with van der Waals surface area (Å²) in [5.74, 6) is 1.12. The highest BCUT2D eigenvalue weighted by Gasteiger charge is 2.46. The number of aryl methyl sites for hydroxylation is 2. The Balaban J connectivity index is 1.66. The van der Waals surface area contributed by atoms with Crippen molar-refractivity contribution in [2.24, 2.45) is 4.99 Å². The van der Waals surface area contributed by atoms with Crippen LogP contribution in [0.4, 0.5) is 0 Å². The van der Waals surface area contributed by atoms with E-state index >= 15 is 0 Å². The van der Waals surface area contributed by atoms with Gasteiger partial charge in [0.2, 0.25) is 0 Å². The van der Waals surface area contributed by atoms with Crippen molar-refractivity contribution in [2.75, 3.05) is 5.75 Å². The third-order valence-corrected chi connectivity index (χ3v) is 7.60. The molecule has 1 fully saturated rings. The molecule has 1 saturated heterocycles. The molecule has 0 bridgehead atoms. The number of nitrogens with zero attached hydrogens (tertiary/aromatic N) is 4. The van der Waals surface area contributed by atoms with E-state index < -0.39 is 0 Å². The molecule has 0 aliphatic carbocycles. The van der Waals surface area contributed by atoms with Crippen molar-refractivity contribution in [1.29, 1.82) is 0 Å². The fourth-order valence-corrected chi connectivity index (χ4v) is 6.30. The van der Waals surface area contributed by atoms with Crippen molar-refractivity contribution in [2.45, 2.75) is 52.2 Å². The lowest BCUT2D eigenvalue weighted by atomic mass is 9.95. The summed E-state index contributed by atoms with van der Waals surface area (Å²) in [7, 11) is 0. The summed E-state index contributed by atoms with van der Waals surface area (Å²) in [6, 6.07) is 17.9. The van der Waals surface area contributed by atoms with Gasteiger partial charge in [0.15, 0.2) is 5.17 Å². The van der Waals surface area contributed by atoms with Crippen molar-refractivity contribution in [3.05, 3.63) is 82.9 Å². The number of fused-ring (bicyclic) bond motifs is 1. The first-order valence-electron chi connectivity index (χ1n) is 10.7. The third-order valence-electron chi connectivity index (χ3n) is 6.47. The quantitative estimate of drug-likeness (QED) is 0.541. The molecule has 1 aromatic carbocycles. The van der Waals surface area contributed by atoms with Crippen LogP contribution in [0.1, 0.15) is 53.6 Å². The summed E-state index contributed by atoms with van der Waals surface area (Å²) in [6.07, 6.45) is 3.02. The summed E-state index contributed by atoms with van der Waals surface area (Å²) in [6.45, 7) is 8.94. The Kier molecular flexibility index (Phi) is 4.94. The Bertz CT molecular complexity index is 1100. The number of benzene rings is 1. The molecule has 0 spiro atoms. The number of para-hydroxylation sites is 1. The maximum Gasteiger partial charge on any atom is 0.160 e. The topological polar surface area (TPSA) is 33.4 Å². The first-order chi connectivity index (χ1) is 14.6. The second-order valence-electron chi connectivity index (χ2n) is 8.28. The molecule has 2 aliphatic rings. The average molecular weight is 417 g/mol. The van der Waals surface area contributed by atoms with Crippen LogP contribution in [0.3, 0.4) is 0 Å². The van der Waals surface area contributed by atoms with Crippen molar-refractivity contribution >= 4 is 16.9 Å². The first-order valence-corrected chi connectivity index (χ1v) is 11.7. The molecule has 5 heteroatoms. The van der Waals surface area contributed by atoms with Gasteiger partial charge >= 0.3 is 0 Å². The summed E-state index contributed by atoms with van der Waals surface area (Å²) in [5, 5.41) is 1.18.